The van der Waals surface area contributed by atoms with E-state index in [0.717, 1.165) is 25.6 Å². The van der Waals surface area contributed by atoms with Crippen LogP contribution < -0.4 is 5.32 Å². The minimum atomic E-state index is 0.354. The summed E-state index contributed by atoms with van der Waals surface area (Å²) in [5, 5.41) is 3.40. The number of likely N-dealkylation sites (tertiary alicyclic amines) is 1. The summed E-state index contributed by atoms with van der Waals surface area (Å²) in [4.78, 5) is 14.0. The van der Waals surface area contributed by atoms with Crippen LogP contribution in [0, 0.1) is 0 Å². The Morgan fingerprint density at radius 2 is 2.20 bits per heavy atom. The zero-order valence-electron chi connectivity index (χ0n) is 9.67. The molecule has 1 heterocycles. The molecule has 0 aromatic carbocycles. The molecule has 0 aromatic heterocycles. The highest BCUT2D eigenvalue weighted by atomic mass is 16.2. The van der Waals surface area contributed by atoms with Gasteiger partial charge in [0.15, 0.2) is 0 Å². The summed E-state index contributed by atoms with van der Waals surface area (Å²) in [6.45, 7) is 4.04. The fraction of sp³-hybridized carbons (Fsp3) is 0.917. The van der Waals surface area contributed by atoms with Crippen LogP contribution in [0.25, 0.3) is 0 Å². The molecule has 2 fully saturated rings. The number of nitrogens with zero attached hydrogens (tertiary/aromatic N) is 1. The number of amides is 1. The van der Waals surface area contributed by atoms with Crippen LogP contribution in [-0.4, -0.2) is 36.0 Å². The summed E-state index contributed by atoms with van der Waals surface area (Å²) in [5.41, 5.74) is 0. The molecule has 2 aliphatic rings. The van der Waals surface area contributed by atoms with Gasteiger partial charge in [-0.3, -0.25) is 4.79 Å². The normalized spacial score (nSPS) is 25.9. The predicted octanol–water partition coefficient (Wildman–Crippen LogP) is 1.53. The maximum atomic E-state index is 11.9. The molecule has 0 aromatic rings. The van der Waals surface area contributed by atoms with E-state index in [1.165, 1.54) is 25.7 Å². The Kier molecular flexibility index (Phi) is 3.62. The Hall–Kier alpha value is -0.570. The molecule has 1 aliphatic carbocycles. The molecule has 15 heavy (non-hydrogen) atoms. The van der Waals surface area contributed by atoms with Crippen molar-refractivity contribution in [3.05, 3.63) is 0 Å². The van der Waals surface area contributed by atoms with E-state index in [0.29, 0.717) is 18.4 Å². The molecule has 3 nitrogen and oxygen atoms in total. The highest BCUT2D eigenvalue weighted by Gasteiger charge is 2.27. The third-order valence-corrected chi connectivity index (χ3v) is 3.52. The fourth-order valence-corrected chi connectivity index (χ4v) is 2.40. The molecule has 1 unspecified atom stereocenters. The number of carbonyl (C=O) groups is 1. The first-order chi connectivity index (χ1) is 7.31. The maximum absolute atomic E-state index is 11.9. The molecule has 1 aliphatic heterocycles. The molecule has 0 bridgehead atoms. The van der Waals surface area contributed by atoms with Crippen LogP contribution in [0.2, 0.25) is 0 Å². The minimum absolute atomic E-state index is 0.354. The lowest BCUT2D eigenvalue weighted by Gasteiger charge is -2.23. The highest BCUT2D eigenvalue weighted by Crippen LogP contribution is 2.21. The Balaban J connectivity index is 1.68. The summed E-state index contributed by atoms with van der Waals surface area (Å²) < 4.78 is 0. The molecular formula is C12H22N2O. The Labute approximate surface area is 92.2 Å². The third-order valence-electron chi connectivity index (χ3n) is 3.52. The Morgan fingerprint density at radius 3 is 2.87 bits per heavy atom. The molecule has 1 saturated carbocycles. The van der Waals surface area contributed by atoms with Gasteiger partial charge in [-0.25, -0.2) is 0 Å². The van der Waals surface area contributed by atoms with Crippen molar-refractivity contribution in [3.63, 3.8) is 0 Å². The van der Waals surface area contributed by atoms with E-state index in [-0.39, 0.29) is 0 Å². The summed E-state index contributed by atoms with van der Waals surface area (Å²) >= 11 is 0. The molecule has 1 N–H and O–H groups in total. The largest absolute Gasteiger partial charge is 0.340 e. The standard InChI is InChI=1S/C12H22N2O/c1-2-11-4-3-9-14(11)12(15)7-8-13-10-5-6-10/h10-11,13H,2-9H2,1H3. The van der Waals surface area contributed by atoms with Crippen LogP contribution in [0.15, 0.2) is 0 Å². The summed E-state index contributed by atoms with van der Waals surface area (Å²) in [6.07, 6.45) is 6.80. The molecule has 0 radical (unpaired) electrons. The van der Waals surface area contributed by atoms with Gasteiger partial charge in [0.25, 0.3) is 0 Å². The lowest BCUT2D eigenvalue weighted by Crippen LogP contribution is -2.36. The van der Waals surface area contributed by atoms with Gasteiger partial charge in [-0.05, 0) is 32.1 Å². The molecule has 0 spiro atoms. The average Bonchev–Trinajstić information content (AvgIpc) is 2.94. The second-order valence-electron chi connectivity index (χ2n) is 4.77. The first-order valence-corrected chi connectivity index (χ1v) is 6.34. The quantitative estimate of drug-likeness (QED) is 0.746. The smallest absolute Gasteiger partial charge is 0.224 e. The van der Waals surface area contributed by atoms with Crippen molar-refractivity contribution in [1.82, 2.24) is 10.2 Å². The van der Waals surface area contributed by atoms with E-state index in [1.807, 2.05) is 0 Å². The van der Waals surface area contributed by atoms with E-state index >= 15 is 0 Å². The number of rotatable bonds is 5. The molecular weight excluding hydrogens is 188 g/mol. The number of nitrogens with one attached hydrogen (secondary N) is 1. The lowest BCUT2D eigenvalue weighted by atomic mass is 10.1. The maximum Gasteiger partial charge on any atom is 0.224 e. The SMILES string of the molecule is CCC1CCCN1C(=O)CCNC1CC1. The lowest BCUT2D eigenvalue weighted by molar-refractivity contribution is -0.131. The van der Waals surface area contributed by atoms with Crippen molar-refractivity contribution in [2.45, 2.75) is 57.5 Å². The van der Waals surface area contributed by atoms with Crippen molar-refractivity contribution in [2.24, 2.45) is 0 Å². The predicted molar refractivity (Wildman–Crippen MR) is 60.7 cm³/mol. The molecule has 2 rings (SSSR count). The molecule has 3 heteroatoms. The van der Waals surface area contributed by atoms with Gasteiger partial charge in [-0.2, -0.15) is 0 Å². The van der Waals surface area contributed by atoms with E-state index in [1.54, 1.807) is 0 Å². The van der Waals surface area contributed by atoms with Crippen molar-refractivity contribution in [2.75, 3.05) is 13.1 Å². The van der Waals surface area contributed by atoms with Gasteiger partial charge in [0, 0.05) is 31.6 Å². The Bertz CT molecular complexity index is 226. The van der Waals surface area contributed by atoms with E-state index in [2.05, 4.69) is 17.1 Å². The van der Waals surface area contributed by atoms with Crippen LogP contribution in [-0.2, 0) is 4.79 Å². The second kappa shape index (κ2) is 4.97. The molecule has 1 atom stereocenters. The average molecular weight is 210 g/mol. The molecule has 1 amide bonds. The van der Waals surface area contributed by atoms with Gasteiger partial charge in [-0.15, -0.1) is 0 Å². The minimum Gasteiger partial charge on any atom is -0.340 e. The van der Waals surface area contributed by atoms with Gasteiger partial charge < -0.3 is 10.2 Å². The number of carbonyl (C=O) groups excluding carboxylic acids is 1. The van der Waals surface area contributed by atoms with E-state index in [9.17, 15) is 4.79 Å². The second-order valence-corrected chi connectivity index (χ2v) is 4.77. The first-order valence-electron chi connectivity index (χ1n) is 6.34. The fourth-order valence-electron chi connectivity index (χ4n) is 2.40. The number of hydrogen-bond donors (Lipinski definition) is 1. The van der Waals surface area contributed by atoms with Gasteiger partial charge >= 0.3 is 0 Å². The summed E-state index contributed by atoms with van der Waals surface area (Å²) in [6, 6.07) is 1.25. The van der Waals surface area contributed by atoms with E-state index in [4.69, 9.17) is 0 Å². The summed E-state index contributed by atoms with van der Waals surface area (Å²) in [7, 11) is 0. The van der Waals surface area contributed by atoms with Crippen molar-refractivity contribution >= 4 is 5.91 Å². The van der Waals surface area contributed by atoms with Crippen LogP contribution in [0.4, 0.5) is 0 Å². The van der Waals surface area contributed by atoms with Crippen LogP contribution in [0.5, 0.6) is 0 Å². The van der Waals surface area contributed by atoms with Crippen LogP contribution in [0.3, 0.4) is 0 Å². The number of hydrogen-bond acceptors (Lipinski definition) is 2. The van der Waals surface area contributed by atoms with Crippen LogP contribution in [0.1, 0.15) is 45.4 Å². The van der Waals surface area contributed by atoms with Crippen LogP contribution >= 0.6 is 0 Å². The van der Waals surface area contributed by atoms with Crippen molar-refractivity contribution in [3.8, 4) is 0 Å². The summed E-state index contributed by atoms with van der Waals surface area (Å²) in [5.74, 6) is 0.354. The van der Waals surface area contributed by atoms with Crippen molar-refractivity contribution < 1.29 is 4.79 Å². The van der Waals surface area contributed by atoms with Crippen molar-refractivity contribution in [1.29, 1.82) is 0 Å². The Morgan fingerprint density at radius 1 is 1.40 bits per heavy atom. The van der Waals surface area contributed by atoms with E-state index < -0.39 is 0 Å². The van der Waals surface area contributed by atoms with Gasteiger partial charge in [-0.1, -0.05) is 6.92 Å². The van der Waals surface area contributed by atoms with Gasteiger partial charge in [0.2, 0.25) is 5.91 Å². The monoisotopic (exact) mass is 210 g/mol. The first kappa shape index (κ1) is 10.9. The van der Waals surface area contributed by atoms with Gasteiger partial charge in [0.05, 0.1) is 0 Å². The third kappa shape index (κ3) is 2.94. The zero-order valence-corrected chi connectivity index (χ0v) is 9.67. The molecule has 1 saturated heterocycles. The highest BCUT2D eigenvalue weighted by molar-refractivity contribution is 5.77. The zero-order chi connectivity index (χ0) is 10.7. The topological polar surface area (TPSA) is 32.3 Å². The molecule has 86 valence electrons. The van der Waals surface area contributed by atoms with Gasteiger partial charge in [0.1, 0.15) is 0 Å².